The molecule has 3 aromatic carbocycles. The van der Waals surface area contributed by atoms with Gasteiger partial charge in [0.05, 0.1) is 43.3 Å². The lowest BCUT2D eigenvalue weighted by molar-refractivity contribution is 0.00625. The minimum Gasteiger partial charge on any atom is -0.493 e. The standard InChI is InChI=1S/C33H33F2N3O4/c1-19-28(26-18-40-16-14-38(26)37-19)29-25(35)13-12-24-23(31(36-30(24)29)32(39)42-33(2,3)4)8-6-15-41-27-9-5-7-20-17-21(34)10-11-22(20)27/h5,7,9-13,17,36H,6,8,14-16,18H2,1-4H3. The topological polar surface area (TPSA) is 78.4 Å². The number of aromatic amines is 1. The lowest BCUT2D eigenvalue weighted by atomic mass is 9.97. The van der Waals surface area contributed by atoms with Gasteiger partial charge < -0.3 is 19.2 Å². The van der Waals surface area contributed by atoms with E-state index in [1.54, 1.807) is 12.1 Å². The predicted molar refractivity (Wildman–Crippen MR) is 157 cm³/mol. The zero-order valence-corrected chi connectivity index (χ0v) is 24.1. The van der Waals surface area contributed by atoms with Crippen LogP contribution < -0.4 is 4.74 Å². The number of halogens is 2. The van der Waals surface area contributed by atoms with Gasteiger partial charge in [-0.15, -0.1) is 0 Å². The lowest BCUT2D eigenvalue weighted by Crippen LogP contribution is -2.24. The molecule has 5 aromatic rings. The van der Waals surface area contributed by atoms with Crippen molar-refractivity contribution in [2.45, 2.75) is 59.3 Å². The first-order valence-electron chi connectivity index (χ1n) is 14.1. The van der Waals surface area contributed by atoms with E-state index in [0.29, 0.717) is 73.0 Å². The third kappa shape index (κ3) is 5.25. The molecule has 0 radical (unpaired) electrons. The van der Waals surface area contributed by atoms with Gasteiger partial charge in [-0.2, -0.15) is 5.10 Å². The molecular formula is C33H33F2N3O4. The van der Waals surface area contributed by atoms with Crippen LogP contribution in [0.3, 0.4) is 0 Å². The molecule has 6 rings (SSSR count). The quantitative estimate of drug-likeness (QED) is 0.164. The number of nitrogens with zero attached hydrogens (tertiary/aromatic N) is 2. The van der Waals surface area contributed by atoms with Gasteiger partial charge in [-0.3, -0.25) is 4.68 Å². The number of ether oxygens (including phenoxy) is 3. The maximum Gasteiger partial charge on any atom is 0.355 e. The Balaban J connectivity index is 1.36. The maximum absolute atomic E-state index is 15.6. The van der Waals surface area contributed by atoms with Gasteiger partial charge >= 0.3 is 5.97 Å². The van der Waals surface area contributed by atoms with Gasteiger partial charge in [-0.25, -0.2) is 13.6 Å². The number of nitrogens with one attached hydrogen (secondary N) is 1. The molecule has 2 aromatic heterocycles. The van der Waals surface area contributed by atoms with Crippen molar-refractivity contribution in [3.63, 3.8) is 0 Å². The molecule has 0 saturated carbocycles. The normalized spacial score (nSPS) is 13.5. The zero-order valence-electron chi connectivity index (χ0n) is 24.1. The van der Waals surface area contributed by atoms with E-state index < -0.39 is 17.4 Å². The number of hydrogen-bond donors (Lipinski definition) is 1. The smallest absolute Gasteiger partial charge is 0.355 e. The van der Waals surface area contributed by atoms with Gasteiger partial charge in [-0.05, 0) is 87.9 Å². The van der Waals surface area contributed by atoms with Crippen molar-refractivity contribution in [3.05, 3.63) is 82.8 Å². The molecule has 0 spiro atoms. The van der Waals surface area contributed by atoms with E-state index in [0.717, 1.165) is 27.4 Å². The lowest BCUT2D eigenvalue weighted by Gasteiger charge is -2.19. The number of carbonyl (C=O) groups is 1. The van der Waals surface area contributed by atoms with Crippen LogP contribution >= 0.6 is 0 Å². The summed E-state index contributed by atoms with van der Waals surface area (Å²) in [5.41, 5.74) is 3.39. The number of hydrogen-bond acceptors (Lipinski definition) is 5. The number of aromatic nitrogens is 3. The largest absolute Gasteiger partial charge is 0.493 e. The first-order chi connectivity index (χ1) is 20.1. The van der Waals surface area contributed by atoms with Crippen LogP contribution in [0.1, 0.15) is 54.6 Å². The minimum atomic E-state index is -0.712. The Labute approximate surface area is 242 Å². The SMILES string of the molecule is Cc1nn2c(c1-c1c(F)ccc3c(CCCOc4cccc5cc(F)ccc45)c(C(=O)OC(C)(C)C)[nH]c13)COCC2. The number of fused-ring (bicyclic) bond motifs is 3. The van der Waals surface area contributed by atoms with E-state index >= 15 is 4.39 Å². The summed E-state index contributed by atoms with van der Waals surface area (Å²) in [7, 11) is 0. The monoisotopic (exact) mass is 573 g/mol. The molecule has 0 saturated heterocycles. The second kappa shape index (κ2) is 10.9. The fourth-order valence-electron chi connectivity index (χ4n) is 5.69. The second-order valence-electron chi connectivity index (χ2n) is 11.6. The molecule has 7 nitrogen and oxygen atoms in total. The molecule has 0 atom stereocenters. The molecule has 0 unspecified atom stereocenters. The van der Waals surface area contributed by atoms with Crippen molar-refractivity contribution >= 4 is 27.6 Å². The number of benzene rings is 3. The van der Waals surface area contributed by atoms with Crippen molar-refractivity contribution in [1.82, 2.24) is 14.8 Å². The van der Waals surface area contributed by atoms with E-state index in [1.807, 2.05) is 50.6 Å². The van der Waals surface area contributed by atoms with Crippen molar-refractivity contribution in [2.24, 2.45) is 0 Å². The van der Waals surface area contributed by atoms with E-state index in [4.69, 9.17) is 14.2 Å². The van der Waals surface area contributed by atoms with Crippen LogP contribution in [0, 0.1) is 18.6 Å². The van der Waals surface area contributed by atoms with Gasteiger partial charge in [-0.1, -0.05) is 12.1 Å². The Morgan fingerprint density at radius 2 is 1.90 bits per heavy atom. The predicted octanol–water partition coefficient (Wildman–Crippen LogP) is 7.27. The van der Waals surface area contributed by atoms with Gasteiger partial charge in [0, 0.05) is 21.9 Å². The van der Waals surface area contributed by atoms with Crippen LogP contribution in [0.25, 0.3) is 32.8 Å². The molecule has 42 heavy (non-hydrogen) atoms. The number of carbonyl (C=O) groups excluding carboxylic acids is 1. The number of aryl methyl sites for hydroxylation is 2. The first kappa shape index (κ1) is 27.9. The van der Waals surface area contributed by atoms with Crippen molar-refractivity contribution in [2.75, 3.05) is 13.2 Å². The summed E-state index contributed by atoms with van der Waals surface area (Å²) in [4.78, 5) is 16.7. The molecule has 1 aliphatic heterocycles. The molecule has 218 valence electrons. The van der Waals surface area contributed by atoms with Gasteiger partial charge in [0.2, 0.25) is 0 Å². The molecule has 9 heteroatoms. The van der Waals surface area contributed by atoms with E-state index in [-0.39, 0.29) is 5.82 Å². The fourth-order valence-corrected chi connectivity index (χ4v) is 5.69. The highest BCUT2D eigenvalue weighted by molar-refractivity contribution is 6.04. The van der Waals surface area contributed by atoms with Crippen LogP contribution in [-0.2, 0) is 29.0 Å². The molecule has 1 aliphatic rings. The minimum absolute atomic E-state index is 0.294. The molecule has 3 heterocycles. The van der Waals surface area contributed by atoms with E-state index in [9.17, 15) is 9.18 Å². The average Bonchev–Trinajstić information content (AvgIpc) is 3.47. The Morgan fingerprint density at radius 1 is 1.10 bits per heavy atom. The Hall–Kier alpha value is -4.24. The summed E-state index contributed by atoms with van der Waals surface area (Å²) in [6, 6.07) is 13.3. The Kier molecular flexibility index (Phi) is 7.22. The molecule has 0 bridgehead atoms. The van der Waals surface area contributed by atoms with Crippen molar-refractivity contribution in [1.29, 1.82) is 0 Å². The van der Waals surface area contributed by atoms with Crippen molar-refractivity contribution in [3.8, 4) is 16.9 Å². The first-order valence-corrected chi connectivity index (χ1v) is 14.1. The Morgan fingerprint density at radius 3 is 2.71 bits per heavy atom. The summed E-state index contributed by atoms with van der Waals surface area (Å²) in [5, 5.41) is 6.95. The van der Waals surface area contributed by atoms with Gasteiger partial charge in [0.25, 0.3) is 0 Å². The van der Waals surface area contributed by atoms with Crippen LogP contribution in [0.4, 0.5) is 8.78 Å². The Bertz CT molecular complexity index is 1820. The highest BCUT2D eigenvalue weighted by atomic mass is 19.1. The molecule has 0 amide bonds. The summed E-state index contributed by atoms with van der Waals surface area (Å²) in [6.45, 7) is 9.12. The number of rotatable bonds is 7. The highest BCUT2D eigenvalue weighted by Crippen LogP contribution is 2.39. The van der Waals surface area contributed by atoms with Gasteiger partial charge in [0.1, 0.15) is 28.7 Å². The third-order valence-electron chi connectivity index (χ3n) is 7.43. The summed E-state index contributed by atoms with van der Waals surface area (Å²) in [6.07, 6.45) is 1.05. The molecule has 0 fully saturated rings. The van der Waals surface area contributed by atoms with E-state index in [2.05, 4.69) is 10.1 Å². The zero-order chi connectivity index (χ0) is 29.6. The average molecular weight is 574 g/mol. The van der Waals surface area contributed by atoms with Crippen molar-refractivity contribution < 1.29 is 27.8 Å². The molecular weight excluding hydrogens is 540 g/mol. The highest BCUT2D eigenvalue weighted by Gasteiger charge is 2.29. The second-order valence-corrected chi connectivity index (χ2v) is 11.6. The van der Waals surface area contributed by atoms with Crippen LogP contribution in [0.5, 0.6) is 5.75 Å². The summed E-state index contributed by atoms with van der Waals surface area (Å²) in [5.74, 6) is -0.559. The van der Waals surface area contributed by atoms with Crippen LogP contribution in [0.15, 0.2) is 48.5 Å². The maximum atomic E-state index is 15.6. The molecule has 1 N–H and O–H groups in total. The summed E-state index contributed by atoms with van der Waals surface area (Å²) < 4.78 is 48.7. The van der Waals surface area contributed by atoms with E-state index in [1.165, 1.54) is 18.2 Å². The van der Waals surface area contributed by atoms with Gasteiger partial charge in [0.15, 0.2) is 0 Å². The third-order valence-corrected chi connectivity index (χ3v) is 7.43. The number of H-pyrrole nitrogens is 1. The summed E-state index contributed by atoms with van der Waals surface area (Å²) >= 11 is 0. The molecule has 0 aliphatic carbocycles. The van der Waals surface area contributed by atoms with Crippen LogP contribution in [-0.4, -0.2) is 39.5 Å². The number of esters is 1. The van der Waals surface area contributed by atoms with Crippen LogP contribution in [0.2, 0.25) is 0 Å². The fraction of sp³-hybridized carbons (Fsp3) is 0.333.